The summed E-state index contributed by atoms with van der Waals surface area (Å²) >= 11 is 0. The van der Waals surface area contributed by atoms with Gasteiger partial charge in [0.2, 0.25) is 10.0 Å². The number of nitrogens with one attached hydrogen (secondary N) is 1. The van der Waals surface area contributed by atoms with Crippen LogP contribution in [0.3, 0.4) is 0 Å². The number of pyridine rings is 1. The first-order chi connectivity index (χ1) is 16.4. The highest BCUT2D eigenvalue weighted by molar-refractivity contribution is 7.89. The van der Waals surface area contributed by atoms with Gasteiger partial charge >= 0.3 is 0 Å². The van der Waals surface area contributed by atoms with E-state index in [0.717, 1.165) is 16.9 Å². The molecule has 192 valence electrons. The minimum Gasteiger partial charge on any atom is -0.497 e. The number of hydrogen-bond acceptors (Lipinski definition) is 8. The molecule has 0 spiro atoms. The Hall–Kier alpha value is -3.06. The number of aliphatic hydroxyl groups is 1. The first-order valence-electron chi connectivity index (χ1n) is 10.9. The number of ether oxygens (including phenoxy) is 1. The number of carbonyl (C=O) groups is 2. The quantitative estimate of drug-likeness (QED) is 0.280. The number of carbonyl (C=O) groups excluding carboxylic acids is 2. The largest absolute Gasteiger partial charge is 0.497 e. The number of rotatable bonds is 12. The number of hydroxylamine groups is 2. The number of aliphatic hydroxyl groups excluding tert-OH is 1. The van der Waals surface area contributed by atoms with E-state index in [1.165, 1.54) is 33.2 Å². The molecule has 1 heterocycles. The van der Waals surface area contributed by atoms with Gasteiger partial charge in [0, 0.05) is 25.9 Å². The molecule has 2 aromatic rings. The van der Waals surface area contributed by atoms with Crippen molar-refractivity contribution in [2.75, 3.05) is 27.2 Å². The van der Waals surface area contributed by atoms with E-state index in [0.29, 0.717) is 5.75 Å². The summed E-state index contributed by atoms with van der Waals surface area (Å²) in [6, 6.07) is 11.1. The summed E-state index contributed by atoms with van der Waals surface area (Å²) in [7, 11) is -1.45. The van der Waals surface area contributed by atoms with Crippen molar-refractivity contribution in [2.45, 2.75) is 37.7 Å². The third kappa shape index (κ3) is 7.99. The summed E-state index contributed by atoms with van der Waals surface area (Å²) in [6.45, 7) is 1.73. The van der Waals surface area contributed by atoms with Gasteiger partial charge in [0.25, 0.3) is 11.8 Å². The van der Waals surface area contributed by atoms with E-state index in [9.17, 15) is 28.3 Å². The summed E-state index contributed by atoms with van der Waals surface area (Å²) in [5.74, 6) is -1.04. The molecule has 0 bridgehead atoms. The lowest BCUT2D eigenvalue weighted by Crippen LogP contribution is -2.53. The van der Waals surface area contributed by atoms with E-state index in [1.54, 1.807) is 18.2 Å². The average Bonchev–Trinajstić information content (AvgIpc) is 2.83. The second kappa shape index (κ2) is 12.6. The molecule has 11 nitrogen and oxygen atoms in total. The minimum absolute atomic E-state index is 0.0540. The lowest BCUT2D eigenvalue weighted by Gasteiger charge is -2.30. The number of aromatic nitrogens is 1. The molecule has 0 aliphatic carbocycles. The summed E-state index contributed by atoms with van der Waals surface area (Å²) < 4.78 is 31.7. The van der Waals surface area contributed by atoms with Crippen LogP contribution in [0.5, 0.6) is 5.75 Å². The molecular weight excluding hydrogens is 476 g/mol. The SMILES string of the molecule is COc1ccnc(C(=O)NC(Cc2ccccc2)C(O)CN(CC(=O)N(C)O)S(=O)(=O)C(C)C)c1. The molecule has 0 aliphatic heterocycles. The predicted octanol–water partition coefficient (Wildman–Crippen LogP) is 0.680. The van der Waals surface area contributed by atoms with Crippen molar-refractivity contribution in [1.82, 2.24) is 19.7 Å². The Labute approximate surface area is 205 Å². The van der Waals surface area contributed by atoms with Crippen LogP contribution in [0, 0.1) is 0 Å². The topological polar surface area (TPSA) is 149 Å². The zero-order chi connectivity index (χ0) is 26.2. The van der Waals surface area contributed by atoms with Crippen molar-refractivity contribution in [2.24, 2.45) is 0 Å². The molecule has 12 heteroatoms. The van der Waals surface area contributed by atoms with Crippen LogP contribution < -0.4 is 10.1 Å². The van der Waals surface area contributed by atoms with Gasteiger partial charge in [0.1, 0.15) is 11.4 Å². The Balaban J connectivity index is 2.33. The number of likely N-dealkylation sites (N-methyl/N-ethyl adjacent to an activating group) is 1. The first-order valence-corrected chi connectivity index (χ1v) is 12.4. The van der Waals surface area contributed by atoms with E-state index in [1.807, 2.05) is 18.2 Å². The van der Waals surface area contributed by atoms with Gasteiger partial charge in [-0.15, -0.1) is 0 Å². The molecule has 1 aromatic carbocycles. The molecule has 35 heavy (non-hydrogen) atoms. The highest BCUT2D eigenvalue weighted by atomic mass is 32.2. The van der Waals surface area contributed by atoms with Crippen LogP contribution in [-0.2, 0) is 21.2 Å². The first kappa shape index (κ1) is 28.2. The maximum Gasteiger partial charge on any atom is 0.270 e. The van der Waals surface area contributed by atoms with Gasteiger partial charge < -0.3 is 15.2 Å². The monoisotopic (exact) mass is 508 g/mol. The Morgan fingerprint density at radius 1 is 1.17 bits per heavy atom. The third-order valence-electron chi connectivity index (χ3n) is 5.30. The molecule has 2 unspecified atom stereocenters. The highest BCUT2D eigenvalue weighted by Gasteiger charge is 2.33. The molecule has 0 saturated heterocycles. The van der Waals surface area contributed by atoms with Crippen LogP contribution in [-0.4, -0.2) is 89.5 Å². The molecule has 0 saturated carbocycles. The van der Waals surface area contributed by atoms with E-state index >= 15 is 0 Å². The van der Waals surface area contributed by atoms with Crippen molar-refractivity contribution in [3.05, 3.63) is 59.9 Å². The van der Waals surface area contributed by atoms with E-state index in [4.69, 9.17) is 4.74 Å². The molecule has 0 aliphatic rings. The Kier molecular flexibility index (Phi) is 10.1. The number of amides is 2. The third-order valence-corrected chi connectivity index (χ3v) is 7.49. The molecular formula is C23H32N4O7S. The van der Waals surface area contributed by atoms with Crippen molar-refractivity contribution < 1.29 is 33.1 Å². The lowest BCUT2D eigenvalue weighted by atomic mass is 10.0. The van der Waals surface area contributed by atoms with Crippen molar-refractivity contribution >= 4 is 21.8 Å². The summed E-state index contributed by atoms with van der Waals surface area (Å²) in [4.78, 5) is 29.0. The number of hydrogen-bond donors (Lipinski definition) is 3. The average molecular weight is 509 g/mol. The second-order valence-corrected chi connectivity index (χ2v) is 10.7. The normalized spacial score (nSPS) is 13.4. The molecule has 1 aromatic heterocycles. The van der Waals surface area contributed by atoms with Gasteiger partial charge in [-0.05, 0) is 31.9 Å². The van der Waals surface area contributed by atoms with Crippen molar-refractivity contribution in [1.29, 1.82) is 0 Å². The number of nitrogens with zero attached hydrogens (tertiary/aromatic N) is 3. The predicted molar refractivity (Wildman–Crippen MR) is 128 cm³/mol. The summed E-state index contributed by atoms with van der Waals surface area (Å²) in [5, 5.41) is 22.6. The van der Waals surface area contributed by atoms with E-state index < -0.39 is 52.3 Å². The molecule has 3 N–H and O–H groups in total. The van der Waals surface area contributed by atoms with Crippen LogP contribution in [0.15, 0.2) is 48.7 Å². The van der Waals surface area contributed by atoms with Crippen molar-refractivity contribution in [3.8, 4) is 5.75 Å². The van der Waals surface area contributed by atoms with Crippen LogP contribution in [0.2, 0.25) is 0 Å². The van der Waals surface area contributed by atoms with Crippen LogP contribution in [0.4, 0.5) is 0 Å². The van der Waals surface area contributed by atoms with Gasteiger partial charge in [0.15, 0.2) is 0 Å². The van der Waals surface area contributed by atoms with Crippen LogP contribution in [0.1, 0.15) is 29.9 Å². The Morgan fingerprint density at radius 2 is 1.83 bits per heavy atom. The summed E-state index contributed by atoms with van der Waals surface area (Å²) in [5.41, 5.74) is 0.846. The van der Waals surface area contributed by atoms with Crippen LogP contribution in [0.25, 0.3) is 0 Å². The van der Waals surface area contributed by atoms with Gasteiger partial charge in [-0.2, -0.15) is 4.31 Å². The fourth-order valence-corrected chi connectivity index (χ4v) is 4.45. The maximum absolute atomic E-state index is 12.9. The molecule has 0 fully saturated rings. The molecule has 2 rings (SSSR count). The van der Waals surface area contributed by atoms with Gasteiger partial charge in [-0.25, -0.2) is 13.5 Å². The van der Waals surface area contributed by atoms with Gasteiger partial charge in [0.05, 0.1) is 31.1 Å². The zero-order valence-electron chi connectivity index (χ0n) is 20.2. The fourth-order valence-electron chi connectivity index (χ4n) is 3.20. The smallest absolute Gasteiger partial charge is 0.270 e. The second-order valence-electron chi connectivity index (χ2n) is 8.22. The van der Waals surface area contributed by atoms with E-state index in [-0.39, 0.29) is 17.2 Å². The summed E-state index contributed by atoms with van der Waals surface area (Å²) in [6.07, 6.45) is 0.195. The van der Waals surface area contributed by atoms with Crippen molar-refractivity contribution in [3.63, 3.8) is 0 Å². The molecule has 2 amide bonds. The van der Waals surface area contributed by atoms with Crippen LogP contribution >= 0.6 is 0 Å². The highest BCUT2D eigenvalue weighted by Crippen LogP contribution is 2.15. The number of methoxy groups -OCH3 is 1. The molecule has 0 radical (unpaired) electrons. The minimum atomic E-state index is -3.99. The fraction of sp³-hybridized carbons (Fsp3) is 0.435. The van der Waals surface area contributed by atoms with Gasteiger partial charge in [-0.1, -0.05) is 30.3 Å². The Morgan fingerprint density at radius 3 is 2.40 bits per heavy atom. The lowest BCUT2D eigenvalue weighted by molar-refractivity contribution is -0.159. The zero-order valence-corrected chi connectivity index (χ0v) is 21.0. The number of sulfonamides is 1. The Bertz CT molecular complexity index is 1090. The molecule has 2 atom stereocenters. The standard InChI is InChI=1S/C23H32N4O7S/c1-16(2)35(32,33)27(15-22(29)26(3)31)14-21(28)19(12-17-8-6-5-7-9-17)25-23(30)20-13-18(34-4)10-11-24-20/h5-11,13,16,19,21,28,31H,12,14-15H2,1-4H3,(H,25,30). The number of benzene rings is 1. The van der Waals surface area contributed by atoms with Gasteiger partial charge in [-0.3, -0.25) is 19.8 Å². The van der Waals surface area contributed by atoms with E-state index in [2.05, 4.69) is 10.3 Å². The maximum atomic E-state index is 12.9.